The highest BCUT2D eigenvalue weighted by atomic mass is 14.6. The van der Waals surface area contributed by atoms with Crippen LogP contribution in [0.4, 0.5) is 0 Å². The van der Waals surface area contributed by atoms with Gasteiger partial charge < -0.3 is 0 Å². The summed E-state index contributed by atoms with van der Waals surface area (Å²) in [4.78, 5) is 4.51. The number of hydrogen-bond donors (Lipinski definition) is 0. The third kappa shape index (κ3) is 1.92. The fourth-order valence-corrected chi connectivity index (χ4v) is 3.60. The van der Waals surface area contributed by atoms with Crippen LogP contribution >= 0.6 is 0 Å². The van der Waals surface area contributed by atoms with Crippen molar-refractivity contribution in [1.29, 1.82) is 0 Å². The number of benzene rings is 4. The third-order valence-electron chi connectivity index (χ3n) is 4.71. The van der Waals surface area contributed by atoms with Crippen LogP contribution in [0.3, 0.4) is 0 Å². The SMILES string of the molecule is c1ccc(-c2cc3c4cccnc4ccc3c3ccccc23)cc1. The highest BCUT2D eigenvalue weighted by molar-refractivity contribution is 6.20. The molecule has 1 aromatic heterocycles. The lowest BCUT2D eigenvalue weighted by molar-refractivity contribution is 1.42. The molecule has 112 valence electrons. The van der Waals surface area contributed by atoms with E-state index in [0.29, 0.717) is 0 Å². The summed E-state index contributed by atoms with van der Waals surface area (Å²) in [7, 11) is 0. The van der Waals surface area contributed by atoms with Crippen LogP contribution in [-0.4, -0.2) is 4.98 Å². The summed E-state index contributed by atoms with van der Waals surface area (Å²) in [6, 6.07) is 30.1. The third-order valence-corrected chi connectivity index (χ3v) is 4.71. The lowest BCUT2D eigenvalue weighted by Gasteiger charge is -2.12. The highest BCUT2D eigenvalue weighted by Crippen LogP contribution is 2.37. The van der Waals surface area contributed by atoms with Gasteiger partial charge in [-0.05, 0) is 50.9 Å². The minimum absolute atomic E-state index is 1.04. The lowest BCUT2D eigenvalue weighted by atomic mass is 9.92. The quantitative estimate of drug-likeness (QED) is 0.336. The summed E-state index contributed by atoms with van der Waals surface area (Å²) < 4.78 is 0. The summed E-state index contributed by atoms with van der Waals surface area (Å²) in [6.07, 6.45) is 1.85. The Kier molecular flexibility index (Phi) is 2.86. The summed E-state index contributed by atoms with van der Waals surface area (Å²) >= 11 is 0. The van der Waals surface area contributed by atoms with Crippen LogP contribution in [-0.2, 0) is 0 Å². The summed E-state index contributed by atoms with van der Waals surface area (Å²) in [5, 5.41) is 6.33. The molecule has 0 unspecified atom stereocenters. The molecule has 1 heterocycles. The van der Waals surface area contributed by atoms with Crippen molar-refractivity contribution < 1.29 is 0 Å². The standard InChI is InChI=1S/C23H15N/c1-2-7-16(8-3-1)21-15-22-19(17-9-4-5-10-18(17)21)12-13-23-20(22)11-6-14-24-23/h1-15H. The zero-order valence-electron chi connectivity index (χ0n) is 13.1. The van der Waals surface area contributed by atoms with E-state index in [-0.39, 0.29) is 0 Å². The summed E-state index contributed by atoms with van der Waals surface area (Å²) in [5.41, 5.74) is 3.56. The van der Waals surface area contributed by atoms with Gasteiger partial charge in [0, 0.05) is 11.6 Å². The monoisotopic (exact) mass is 305 g/mol. The largest absolute Gasteiger partial charge is 0.256 e. The Balaban J connectivity index is 2.02. The summed E-state index contributed by atoms with van der Waals surface area (Å²) in [6.45, 7) is 0. The van der Waals surface area contributed by atoms with Gasteiger partial charge in [-0.15, -0.1) is 0 Å². The molecule has 0 N–H and O–H groups in total. The van der Waals surface area contributed by atoms with Crippen LogP contribution in [0.2, 0.25) is 0 Å². The van der Waals surface area contributed by atoms with E-state index in [2.05, 4.69) is 83.8 Å². The molecule has 0 aliphatic heterocycles. The maximum atomic E-state index is 4.51. The average molecular weight is 305 g/mol. The zero-order chi connectivity index (χ0) is 15.9. The maximum Gasteiger partial charge on any atom is 0.0708 e. The Morgan fingerprint density at radius 2 is 1.21 bits per heavy atom. The molecule has 0 saturated heterocycles. The second kappa shape index (κ2) is 5.17. The molecule has 0 aliphatic carbocycles. The van der Waals surface area contributed by atoms with Crippen molar-refractivity contribution >= 4 is 32.4 Å². The van der Waals surface area contributed by atoms with Crippen LogP contribution in [0.15, 0.2) is 91.1 Å². The topological polar surface area (TPSA) is 12.9 Å². The second-order valence-electron chi connectivity index (χ2n) is 6.07. The van der Waals surface area contributed by atoms with E-state index in [9.17, 15) is 0 Å². The van der Waals surface area contributed by atoms with Gasteiger partial charge in [-0.1, -0.05) is 66.7 Å². The fraction of sp³-hybridized carbons (Fsp3) is 0. The van der Waals surface area contributed by atoms with Crippen molar-refractivity contribution in [3.05, 3.63) is 91.1 Å². The van der Waals surface area contributed by atoms with E-state index in [1.165, 1.54) is 38.1 Å². The van der Waals surface area contributed by atoms with Gasteiger partial charge in [0.15, 0.2) is 0 Å². The summed E-state index contributed by atoms with van der Waals surface area (Å²) in [5.74, 6) is 0. The van der Waals surface area contributed by atoms with Crippen LogP contribution in [0.1, 0.15) is 0 Å². The minimum atomic E-state index is 1.04. The Morgan fingerprint density at radius 1 is 0.500 bits per heavy atom. The van der Waals surface area contributed by atoms with Gasteiger partial charge in [0.1, 0.15) is 0 Å². The molecule has 0 saturated carbocycles. The highest BCUT2D eigenvalue weighted by Gasteiger charge is 2.10. The Morgan fingerprint density at radius 3 is 2.08 bits per heavy atom. The molecule has 0 bridgehead atoms. The molecular formula is C23H15N. The van der Waals surface area contributed by atoms with Crippen molar-refractivity contribution in [3.63, 3.8) is 0 Å². The van der Waals surface area contributed by atoms with E-state index < -0.39 is 0 Å². The van der Waals surface area contributed by atoms with E-state index >= 15 is 0 Å². The average Bonchev–Trinajstić information content (AvgIpc) is 2.67. The molecule has 0 amide bonds. The molecule has 5 aromatic rings. The molecule has 1 nitrogen and oxygen atoms in total. The first-order valence-corrected chi connectivity index (χ1v) is 8.16. The van der Waals surface area contributed by atoms with Crippen LogP contribution in [0.25, 0.3) is 43.6 Å². The molecule has 5 rings (SSSR count). The molecule has 0 atom stereocenters. The van der Waals surface area contributed by atoms with E-state index in [0.717, 1.165) is 5.52 Å². The van der Waals surface area contributed by atoms with Crippen LogP contribution in [0, 0.1) is 0 Å². The fourth-order valence-electron chi connectivity index (χ4n) is 3.60. The Hall–Kier alpha value is -3.19. The molecule has 0 radical (unpaired) electrons. The molecule has 0 aliphatic rings. The van der Waals surface area contributed by atoms with Crippen molar-refractivity contribution in [3.8, 4) is 11.1 Å². The minimum Gasteiger partial charge on any atom is -0.256 e. The Bertz CT molecular complexity index is 1190. The first-order chi connectivity index (χ1) is 11.9. The van der Waals surface area contributed by atoms with Gasteiger partial charge in [-0.2, -0.15) is 0 Å². The van der Waals surface area contributed by atoms with Gasteiger partial charge >= 0.3 is 0 Å². The maximum absolute atomic E-state index is 4.51. The normalized spacial score (nSPS) is 11.3. The lowest BCUT2D eigenvalue weighted by Crippen LogP contribution is -1.86. The zero-order valence-corrected chi connectivity index (χ0v) is 13.1. The van der Waals surface area contributed by atoms with Crippen molar-refractivity contribution in [2.24, 2.45) is 0 Å². The van der Waals surface area contributed by atoms with Gasteiger partial charge in [0.2, 0.25) is 0 Å². The van der Waals surface area contributed by atoms with E-state index in [1.54, 1.807) is 0 Å². The molecule has 0 fully saturated rings. The van der Waals surface area contributed by atoms with Gasteiger partial charge in [0.05, 0.1) is 5.52 Å². The van der Waals surface area contributed by atoms with Crippen LogP contribution in [0.5, 0.6) is 0 Å². The van der Waals surface area contributed by atoms with E-state index in [1.807, 2.05) is 12.3 Å². The predicted molar refractivity (Wildman–Crippen MR) is 102 cm³/mol. The molecule has 24 heavy (non-hydrogen) atoms. The smallest absolute Gasteiger partial charge is 0.0708 e. The van der Waals surface area contributed by atoms with Gasteiger partial charge in [-0.25, -0.2) is 0 Å². The predicted octanol–water partition coefficient (Wildman–Crippen LogP) is 6.21. The molecule has 1 heteroatoms. The van der Waals surface area contributed by atoms with E-state index in [4.69, 9.17) is 0 Å². The first-order valence-electron chi connectivity index (χ1n) is 8.16. The number of nitrogens with zero attached hydrogens (tertiary/aromatic N) is 1. The Labute approximate surface area is 140 Å². The molecular weight excluding hydrogens is 290 g/mol. The number of aromatic nitrogens is 1. The first kappa shape index (κ1) is 13.3. The number of rotatable bonds is 1. The van der Waals surface area contributed by atoms with Crippen LogP contribution < -0.4 is 0 Å². The van der Waals surface area contributed by atoms with Crippen molar-refractivity contribution in [1.82, 2.24) is 4.98 Å². The number of fused-ring (bicyclic) bond motifs is 5. The van der Waals surface area contributed by atoms with Gasteiger partial charge in [0.25, 0.3) is 0 Å². The van der Waals surface area contributed by atoms with Crippen molar-refractivity contribution in [2.45, 2.75) is 0 Å². The second-order valence-corrected chi connectivity index (χ2v) is 6.07. The number of pyridine rings is 1. The number of hydrogen-bond acceptors (Lipinski definition) is 1. The van der Waals surface area contributed by atoms with Gasteiger partial charge in [-0.3, -0.25) is 4.98 Å². The molecule has 0 spiro atoms. The molecule has 4 aromatic carbocycles. The van der Waals surface area contributed by atoms with Crippen molar-refractivity contribution in [2.75, 3.05) is 0 Å².